The monoisotopic (exact) mass is 225 g/mol. The lowest BCUT2D eigenvalue weighted by Gasteiger charge is -2.29. The maximum atomic E-state index is 12.3. The Labute approximate surface area is 85.9 Å². The highest BCUT2D eigenvalue weighted by Crippen LogP contribution is 2.32. The highest BCUT2D eigenvalue weighted by molar-refractivity contribution is 5.85. The zero-order valence-corrected chi connectivity index (χ0v) is 8.64. The van der Waals surface area contributed by atoms with E-state index in [-0.39, 0.29) is 19.0 Å². The van der Waals surface area contributed by atoms with Gasteiger partial charge in [-0.1, -0.05) is 6.92 Å². The normalized spacial score (nSPS) is 26.5. The van der Waals surface area contributed by atoms with E-state index in [1.54, 1.807) is 0 Å². The molecule has 6 heteroatoms. The molecule has 1 aliphatic heterocycles. The van der Waals surface area contributed by atoms with E-state index in [1.165, 1.54) is 0 Å². The fourth-order valence-corrected chi connectivity index (χ4v) is 1.55. The summed E-state index contributed by atoms with van der Waals surface area (Å²) in [4.78, 5) is 12.5. The van der Waals surface area contributed by atoms with Crippen molar-refractivity contribution in [1.82, 2.24) is 4.90 Å². The Bertz CT molecular complexity index is 263. The van der Waals surface area contributed by atoms with Crippen LogP contribution in [0.5, 0.6) is 0 Å². The van der Waals surface area contributed by atoms with E-state index in [0.29, 0.717) is 13.3 Å². The van der Waals surface area contributed by atoms with Crippen LogP contribution >= 0.6 is 0 Å². The second-order valence-electron chi connectivity index (χ2n) is 4.21. The molecule has 1 N–H and O–H groups in total. The zero-order valence-electron chi connectivity index (χ0n) is 8.64. The molecule has 1 amide bonds. The minimum Gasteiger partial charge on any atom is -0.373 e. The third-order valence-corrected chi connectivity index (χ3v) is 2.68. The van der Waals surface area contributed by atoms with Gasteiger partial charge in [-0.3, -0.25) is 4.79 Å². The quantitative estimate of drug-likeness (QED) is 0.727. The van der Waals surface area contributed by atoms with Crippen molar-refractivity contribution in [3.63, 3.8) is 0 Å². The standard InChI is InChI=1S/C9H14F3NO2/c1-6-3-4-13(5-6)7(14)8(2,15)9(10,11)12/h6,15H,3-5H2,1-2H3. The highest BCUT2D eigenvalue weighted by atomic mass is 19.4. The van der Waals surface area contributed by atoms with Gasteiger partial charge in [-0.15, -0.1) is 0 Å². The van der Waals surface area contributed by atoms with E-state index < -0.39 is 17.7 Å². The smallest absolute Gasteiger partial charge is 0.373 e. The molecule has 2 unspecified atom stereocenters. The van der Waals surface area contributed by atoms with Crippen LogP contribution in [0.2, 0.25) is 0 Å². The number of nitrogens with zero attached hydrogens (tertiary/aromatic N) is 1. The molecule has 15 heavy (non-hydrogen) atoms. The average Bonchev–Trinajstić information content (AvgIpc) is 2.48. The molecule has 2 atom stereocenters. The number of hydrogen-bond donors (Lipinski definition) is 1. The molecule has 88 valence electrons. The molecule has 0 aromatic carbocycles. The lowest BCUT2D eigenvalue weighted by molar-refractivity contribution is -0.249. The molecule has 1 heterocycles. The van der Waals surface area contributed by atoms with E-state index in [2.05, 4.69) is 0 Å². The van der Waals surface area contributed by atoms with Gasteiger partial charge in [0, 0.05) is 13.1 Å². The molecule has 0 spiro atoms. The Balaban J connectivity index is 2.76. The van der Waals surface area contributed by atoms with Gasteiger partial charge in [-0.2, -0.15) is 13.2 Å². The molecule has 1 fully saturated rings. The lowest BCUT2D eigenvalue weighted by atomic mass is 10.1. The minimum absolute atomic E-state index is 0.193. The summed E-state index contributed by atoms with van der Waals surface area (Å²) in [5.74, 6) is -1.06. The maximum Gasteiger partial charge on any atom is 0.426 e. The second kappa shape index (κ2) is 3.66. The fraction of sp³-hybridized carbons (Fsp3) is 0.889. The van der Waals surface area contributed by atoms with Crippen molar-refractivity contribution in [1.29, 1.82) is 0 Å². The van der Waals surface area contributed by atoms with Gasteiger partial charge in [0.15, 0.2) is 0 Å². The first-order chi connectivity index (χ1) is 6.66. The first-order valence-electron chi connectivity index (χ1n) is 4.74. The summed E-state index contributed by atoms with van der Waals surface area (Å²) in [6, 6.07) is 0. The molecule has 0 saturated carbocycles. The molecular formula is C9H14F3NO2. The molecular weight excluding hydrogens is 211 g/mol. The molecule has 0 radical (unpaired) electrons. The number of rotatable bonds is 1. The van der Waals surface area contributed by atoms with Crippen molar-refractivity contribution in [2.24, 2.45) is 5.92 Å². The summed E-state index contributed by atoms with van der Waals surface area (Å²) in [5, 5.41) is 9.15. The van der Waals surface area contributed by atoms with Gasteiger partial charge in [0.05, 0.1) is 0 Å². The van der Waals surface area contributed by atoms with Crippen molar-refractivity contribution in [2.75, 3.05) is 13.1 Å². The number of aliphatic hydroxyl groups is 1. The second-order valence-corrected chi connectivity index (χ2v) is 4.21. The number of carbonyl (C=O) groups is 1. The third kappa shape index (κ3) is 2.25. The molecule has 1 aliphatic rings. The van der Waals surface area contributed by atoms with Crippen molar-refractivity contribution in [2.45, 2.75) is 32.0 Å². The number of alkyl halides is 3. The topological polar surface area (TPSA) is 40.5 Å². The maximum absolute atomic E-state index is 12.3. The molecule has 1 rings (SSSR count). The van der Waals surface area contributed by atoms with Gasteiger partial charge in [-0.25, -0.2) is 0 Å². The molecule has 1 saturated heterocycles. The van der Waals surface area contributed by atoms with Crippen LogP contribution in [0.15, 0.2) is 0 Å². The van der Waals surface area contributed by atoms with Crippen LogP contribution in [-0.4, -0.2) is 40.8 Å². The van der Waals surface area contributed by atoms with Crippen LogP contribution in [0, 0.1) is 5.92 Å². The minimum atomic E-state index is -4.92. The van der Waals surface area contributed by atoms with Crippen LogP contribution in [0.1, 0.15) is 20.3 Å². The number of likely N-dealkylation sites (tertiary alicyclic amines) is 1. The first-order valence-corrected chi connectivity index (χ1v) is 4.74. The number of hydrogen-bond acceptors (Lipinski definition) is 2. The summed E-state index contributed by atoms with van der Waals surface area (Å²) in [6.45, 7) is 2.92. The molecule has 0 bridgehead atoms. The Morgan fingerprint density at radius 1 is 1.47 bits per heavy atom. The van der Waals surface area contributed by atoms with E-state index in [0.717, 1.165) is 4.90 Å². The zero-order chi connectivity index (χ0) is 11.9. The van der Waals surface area contributed by atoms with Gasteiger partial charge in [-0.05, 0) is 19.3 Å². The van der Waals surface area contributed by atoms with Gasteiger partial charge in [0.2, 0.25) is 5.60 Å². The summed E-state index contributed by atoms with van der Waals surface area (Å²) < 4.78 is 37.0. The van der Waals surface area contributed by atoms with Gasteiger partial charge < -0.3 is 10.0 Å². The summed E-state index contributed by atoms with van der Waals surface area (Å²) in [6.07, 6.45) is -4.24. The van der Waals surface area contributed by atoms with Crippen LogP contribution in [0.3, 0.4) is 0 Å². The van der Waals surface area contributed by atoms with Crippen molar-refractivity contribution in [3.05, 3.63) is 0 Å². The number of amides is 1. The Morgan fingerprint density at radius 2 is 2.00 bits per heavy atom. The number of halogens is 3. The van der Waals surface area contributed by atoms with E-state index in [1.807, 2.05) is 6.92 Å². The highest BCUT2D eigenvalue weighted by Gasteiger charge is 2.57. The van der Waals surface area contributed by atoms with Gasteiger partial charge in [0.25, 0.3) is 5.91 Å². The van der Waals surface area contributed by atoms with Crippen LogP contribution in [0.4, 0.5) is 13.2 Å². The van der Waals surface area contributed by atoms with Crippen molar-refractivity contribution in [3.8, 4) is 0 Å². The Morgan fingerprint density at radius 3 is 2.33 bits per heavy atom. The predicted molar refractivity (Wildman–Crippen MR) is 47.0 cm³/mol. The first kappa shape index (κ1) is 12.3. The van der Waals surface area contributed by atoms with E-state index in [9.17, 15) is 18.0 Å². The molecule has 0 aromatic rings. The van der Waals surface area contributed by atoms with Gasteiger partial charge in [0.1, 0.15) is 0 Å². The fourth-order valence-electron chi connectivity index (χ4n) is 1.55. The third-order valence-electron chi connectivity index (χ3n) is 2.68. The summed E-state index contributed by atoms with van der Waals surface area (Å²) in [5.41, 5.74) is -3.27. The Hall–Kier alpha value is -0.780. The largest absolute Gasteiger partial charge is 0.426 e. The number of carbonyl (C=O) groups excluding carboxylic acids is 1. The summed E-state index contributed by atoms with van der Waals surface area (Å²) >= 11 is 0. The Kier molecular flexibility index (Phi) is 3.00. The van der Waals surface area contributed by atoms with Crippen LogP contribution in [0.25, 0.3) is 0 Å². The average molecular weight is 225 g/mol. The van der Waals surface area contributed by atoms with E-state index >= 15 is 0 Å². The van der Waals surface area contributed by atoms with Gasteiger partial charge >= 0.3 is 6.18 Å². The molecule has 0 aliphatic carbocycles. The SMILES string of the molecule is CC1CCN(C(=O)C(C)(O)C(F)(F)F)C1. The van der Waals surface area contributed by atoms with Crippen molar-refractivity contribution >= 4 is 5.91 Å². The summed E-state index contributed by atoms with van der Waals surface area (Å²) in [7, 11) is 0. The van der Waals surface area contributed by atoms with Crippen molar-refractivity contribution < 1.29 is 23.1 Å². The van der Waals surface area contributed by atoms with Crippen LogP contribution in [-0.2, 0) is 4.79 Å². The molecule has 0 aromatic heterocycles. The predicted octanol–water partition coefficient (Wildman–Crippen LogP) is 1.17. The lowest BCUT2D eigenvalue weighted by Crippen LogP contribution is -2.55. The van der Waals surface area contributed by atoms with E-state index in [4.69, 9.17) is 5.11 Å². The molecule has 3 nitrogen and oxygen atoms in total. The van der Waals surface area contributed by atoms with Crippen LogP contribution < -0.4 is 0 Å².